The molecule has 0 bridgehead atoms. The number of nitrogens with zero attached hydrogens (tertiary/aromatic N) is 4. The van der Waals surface area contributed by atoms with E-state index in [9.17, 15) is 4.79 Å². The minimum Gasteiger partial charge on any atom is -0.384 e. The summed E-state index contributed by atoms with van der Waals surface area (Å²) in [5.74, 6) is 0.839. The van der Waals surface area contributed by atoms with Crippen molar-refractivity contribution in [3.8, 4) is 0 Å². The van der Waals surface area contributed by atoms with Gasteiger partial charge in [0.05, 0.1) is 12.9 Å². The quantitative estimate of drug-likeness (QED) is 0.812. The van der Waals surface area contributed by atoms with Crippen molar-refractivity contribution in [3.05, 3.63) is 48.8 Å². The third-order valence-corrected chi connectivity index (χ3v) is 4.45. The first-order chi connectivity index (χ1) is 11.3. The molecular formula is C17H22N4O2. The summed E-state index contributed by atoms with van der Waals surface area (Å²) >= 11 is 0. The second kappa shape index (κ2) is 7.37. The molecule has 1 amide bonds. The number of methoxy groups -OCH3 is 1. The van der Waals surface area contributed by atoms with Crippen LogP contribution in [-0.4, -0.2) is 52.1 Å². The molecule has 0 unspecified atom stereocenters. The summed E-state index contributed by atoms with van der Waals surface area (Å²) in [6.07, 6.45) is 9.47. The molecule has 0 spiro atoms. The van der Waals surface area contributed by atoms with Crippen LogP contribution in [-0.2, 0) is 16.1 Å². The largest absolute Gasteiger partial charge is 0.384 e. The second-order valence-corrected chi connectivity index (χ2v) is 5.95. The summed E-state index contributed by atoms with van der Waals surface area (Å²) in [6, 6.07) is 4.07. The Bertz CT molecular complexity index is 615. The number of amides is 1. The molecular weight excluding hydrogens is 292 g/mol. The summed E-state index contributed by atoms with van der Waals surface area (Å²) in [5, 5.41) is 0. The highest BCUT2D eigenvalue weighted by molar-refractivity contribution is 5.76. The summed E-state index contributed by atoms with van der Waals surface area (Å²) < 4.78 is 7.29. The second-order valence-electron chi connectivity index (χ2n) is 5.95. The minimum absolute atomic E-state index is 0.191. The fourth-order valence-corrected chi connectivity index (χ4v) is 3.25. The molecule has 0 N–H and O–H groups in total. The Morgan fingerprint density at radius 2 is 2.09 bits per heavy atom. The van der Waals surface area contributed by atoms with E-state index in [-0.39, 0.29) is 5.91 Å². The lowest BCUT2D eigenvalue weighted by atomic mass is 9.90. The molecule has 1 fully saturated rings. The number of hydrogen-bond donors (Lipinski definition) is 0. The zero-order chi connectivity index (χ0) is 16.1. The van der Waals surface area contributed by atoms with Gasteiger partial charge in [-0.25, -0.2) is 4.98 Å². The molecule has 2 aromatic heterocycles. The van der Waals surface area contributed by atoms with Crippen LogP contribution in [0.5, 0.6) is 0 Å². The number of imidazole rings is 1. The number of carbonyl (C=O) groups is 1. The number of rotatable bonds is 6. The molecule has 122 valence electrons. The van der Waals surface area contributed by atoms with Gasteiger partial charge in [0.25, 0.3) is 0 Å². The van der Waals surface area contributed by atoms with Gasteiger partial charge in [-0.05, 0) is 17.7 Å². The Morgan fingerprint density at radius 1 is 1.26 bits per heavy atom. The van der Waals surface area contributed by atoms with Crippen LogP contribution in [0.25, 0.3) is 0 Å². The lowest BCUT2D eigenvalue weighted by Crippen LogP contribution is -2.30. The molecule has 1 aliphatic heterocycles. The summed E-state index contributed by atoms with van der Waals surface area (Å²) in [5.41, 5.74) is 1.23. The Labute approximate surface area is 136 Å². The number of likely N-dealkylation sites (tertiary alicyclic amines) is 1. The van der Waals surface area contributed by atoms with Crippen molar-refractivity contribution in [3.63, 3.8) is 0 Å². The van der Waals surface area contributed by atoms with E-state index in [0.717, 1.165) is 13.1 Å². The van der Waals surface area contributed by atoms with Gasteiger partial charge in [0.2, 0.25) is 5.91 Å². The van der Waals surface area contributed by atoms with Crippen LogP contribution in [0.4, 0.5) is 0 Å². The lowest BCUT2D eigenvalue weighted by Gasteiger charge is -2.17. The average molecular weight is 314 g/mol. The number of hydrogen-bond acceptors (Lipinski definition) is 4. The maximum absolute atomic E-state index is 12.5. The average Bonchev–Trinajstić information content (AvgIpc) is 3.23. The molecule has 23 heavy (non-hydrogen) atoms. The third-order valence-electron chi connectivity index (χ3n) is 4.45. The van der Waals surface area contributed by atoms with Crippen LogP contribution in [0, 0.1) is 5.92 Å². The van der Waals surface area contributed by atoms with E-state index in [0.29, 0.717) is 31.4 Å². The van der Waals surface area contributed by atoms with Gasteiger partial charge in [-0.2, -0.15) is 0 Å². The first-order valence-electron chi connectivity index (χ1n) is 7.90. The maximum atomic E-state index is 12.5. The van der Waals surface area contributed by atoms with E-state index < -0.39 is 0 Å². The lowest BCUT2D eigenvalue weighted by molar-refractivity contribution is -0.130. The van der Waals surface area contributed by atoms with Gasteiger partial charge in [-0.15, -0.1) is 0 Å². The van der Waals surface area contributed by atoms with Crippen molar-refractivity contribution in [2.24, 2.45) is 5.92 Å². The van der Waals surface area contributed by atoms with Crippen molar-refractivity contribution in [2.75, 3.05) is 26.8 Å². The molecule has 0 saturated carbocycles. The first-order valence-corrected chi connectivity index (χ1v) is 7.90. The van der Waals surface area contributed by atoms with Crippen LogP contribution in [0.3, 0.4) is 0 Å². The van der Waals surface area contributed by atoms with Crippen LogP contribution >= 0.6 is 0 Å². The predicted molar refractivity (Wildman–Crippen MR) is 85.8 cm³/mol. The van der Waals surface area contributed by atoms with Crippen LogP contribution in [0.15, 0.2) is 43.2 Å². The molecule has 2 atom stereocenters. The molecule has 0 aromatic carbocycles. The Hall–Kier alpha value is -2.21. The van der Waals surface area contributed by atoms with E-state index in [1.807, 2.05) is 40.2 Å². The molecule has 3 rings (SSSR count). The number of ether oxygens (including phenoxy) is 1. The Morgan fingerprint density at radius 3 is 2.78 bits per heavy atom. The molecule has 0 radical (unpaired) electrons. The van der Waals surface area contributed by atoms with Crippen LogP contribution < -0.4 is 0 Å². The minimum atomic E-state index is 0.191. The van der Waals surface area contributed by atoms with Gasteiger partial charge in [0, 0.05) is 69.8 Å². The maximum Gasteiger partial charge on any atom is 0.224 e. The predicted octanol–water partition coefficient (Wildman–Crippen LogP) is 1.56. The van der Waals surface area contributed by atoms with Gasteiger partial charge >= 0.3 is 0 Å². The fraction of sp³-hybridized carbons (Fsp3) is 0.471. The standard InChI is InChI=1S/C17H22N4O2/c1-23-12-15-10-21(11-16(15)14-2-5-18-6-3-14)17(22)4-8-20-9-7-19-13-20/h2-3,5-7,9,13,15-16H,4,8,10-12H2,1H3/t15-,16-/m0/s1. The van der Waals surface area contributed by atoms with E-state index in [4.69, 9.17) is 4.74 Å². The summed E-state index contributed by atoms with van der Waals surface area (Å²) in [7, 11) is 1.72. The van der Waals surface area contributed by atoms with Crippen molar-refractivity contribution < 1.29 is 9.53 Å². The van der Waals surface area contributed by atoms with Crippen molar-refractivity contribution in [1.29, 1.82) is 0 Å². The topological polar surface area (TPSA) is 60.2 Å². The van der Waals surface area contributed by atoms with E-state index >= 15 is 0 Å². The smallest absolute Gasteiger partial charge is 0.224 e. The summed E-state index contributed by atoms with van der Waals surface area (Å²) in [4.78, 5) is 22.6. The molecule has 2 aromatic rings. The van der Waals surface area contributed by atoms with Gasteiger partial charge in [0.1, 0.15) is 0 Å². The first kappa shape index (κ1) is 15.7. The van der Waals surface area contributed by atoms with Gasteiger partial charge in [0.15, 0.2) is 0 Å². The summed E-state index contributed by atoms with van der Waals surface area (Å²) in [6.45, 7) is 2.84. The van der Waals surface area contributed by atoms with E-state index in [1.54, 1.807) is 19.6 Å². The highest BCUT2D eigenvalue weighted by atomic mass is 16.5. The highest BCUT2D eigenvalue weighted by Crippen LogP contribution is 2.32. The fourth-order valence-electron chi connectivity index (χ4n) is 3.25. The molecule has 3 heterocycles. The van der Waals surface area contributed by atoms with Gasteiger partial charge in [-0.3, -0.25) is 9.78 Å². The SMILES string of the molecule is COC[C@@H]1CN(C(=O)CCn2ccnc2)C[C@H]1c1ccncc1. The van der Waals surface area contributed by atoms with Gasteiger partial charge in [-0.1, -0.05) is 0 Å². The van der Waals surface area contributed by atoms with E-state index in [1.165, 1.54) is 5.56 Å². The number of aryl methyl sites for hydroxylation is 1. The zero-order valence-corrected chi connectivity index (χ0v) is 13.3. The Balaban J connectivity index is 1.63. The normalized spacial score (nSPS) is 20.8. The van der Waals surface area contributed by atoms with E-state index in [2.05, 4.69) is 9.97 Å². The molecule has 1 aliphatic rings. The monoisotopic (exact) mass is 314 g/mol. The molecule has 1 saturated heterocycles. The number of carbonyl (C=O) groups excluding carboxylic acids is 1. The highest BCUT2D eigenvalue weighted by Gasteiger charge is 2.35. The zero-order valence-electron chi connectivity index (χ0n) is 13.3. The molecule has 0 aliphatic carbocycles. The number of pyridine rings is 1. The van der Waals surface area contributed by atoms with Crippen LogP contribution in [0.2, 0.25) is 0 Å². The molecule has 6 heteroatoms. The third kappa shape index (κ3) is 3.76. The van der Waals surface area contributed by atoms with Crippen molar-refractivity contribution in [2.45, 2.75) is 18.9 Å². The van der Waals surface area contributed by atoms with Crippen molar-refractivity contribution >= 4 is 5.91 Å². The molecule has 6 nitrogen and oxygen atoms in total. The number of aromatic nitrogens is 3. The van der Waals surface area contributed by atoms with Gasteiger partial charge < -0.3 is 14.2 Å². The van der Waals surface area contributed by atoms with Crippen LogP contribution in [0.1, 0.15) is 17.9 Å². The Kier molecular flexibility index (Phi) is 5.02. The van der Waals surface area contributed by atoms with Crippen molar-refractivity contribution in [1.82, 2.24) is 19.4 Å².